The Morgan fingerprint density at radius 3 is 2.37 bits per heavy atom. The minimum Gasteiger partial charge on any atom is -0.508 e. The number of hydrogen-bond acceptors (Lipinski definition) is 4. The maximum atomic E-state index is 12.0. The van der Waals surface area contributed by atoms with E-state index in [0.717, 1.165) is 37.7 Å². The molecule has 0 radical (unpaired) electrons. The lowest BCUT2D eigenvalue weighted by atomic mass is 10.00. The van der Waals surface area contributed by atoms with Crippen molar-refractivity contribution in [3.63, 3.8) is 0 Å². The number of primary sulfonamides is 1. The fourth-order valence-corrected chi connectivity index (χ4v) is 3.88. The number of nitrogens with two attached hydrogens (primary N) is 1. The van der Waals surface area contributed by atoms with E-state index < -0.39 is 15.8 Å². The van der Waals surface area contributed by atoms with Crippen molar-refractivity contribution in [3.05, 3.63) is 40.5 Å². The van der Waals surface area contributed by atoms with Crippen molar-refractivity contribution in [1.29, 1.82) is 0 Å². The molecule has 0 aliphatic rings. The summed E-state index contributed by atoms with van der Waals surface area (Å²) in [5.74, 6) is -0.530. The van der Waals surface area contributed by atoms with Gasteiger partial charge in [0.2, 0.25) is 10.0 Å². The van der Waals surface area contributed by atoms with Crippen LogP contribution in [0.15, 0.2) is 34.3 Å². The van der Waals surface area contributed by atoms with Crippen molar-refractivity contribution in [1.82, 2.24) is 0 Å². The first-order valence-corrected chi connectivity index (χ1v) is 11.0. The number of sulfonamides is 1. The Hall–Kier alpha value is -1.79. The van der Waals surface area contributed by atoms with Gasteiger partial charge in [-0.15, -0.1) is 0 Å². The summed E-state index contributed by atoms with van der Waals surface area (Å²) in [5, 5.41) is 26.2. The quantitative estimate of drug-likeness (QED) is 0.394. The lowest BCUT2D eigenvalue weighted by Gasteiger charge is -2.15. The van der Waals surface area contributed by atoms with Crippen LogP contribution in [0.3, 0.4) is 0 Å². The summed E-state index contributed by atoms with van der Waals surface area (Å²) in [5.41, 5.74) is 2.93. The normalized spacial score (nSPS) is 12.3. The van der Waals surface area contributed by atoms with Crippen LogP contribution in [0.2, 0.25) is 0 Å². The zero-order valence-electron chi connectivity index (χ0n) is 16.9. The molecule has 0 heterocycles. The van der Waals surface area contributed by atoms with Gasteiger partial charge in [-0.1, -0.05) is 43.1 Å². The van der Waals surface area contributed by atoms with E-state index in [9.17, 15) is 18.6 Å². The van der Waals surface area contributed by atoms with Gasteiger partial charge >= 0.3 is 0 Å². The summed E-state index contributed by atoms with van der Waals surface area (Å²) in [4.78, 5) is -0.262. The van der Waals surface area contributed by atoms with E-state index in [-0.39, 0.29) is 22.6 Å². The van der Waals surface area contributed by atoms with Gasteiger partial charge in [-0.25, -0.2) is 13.6 Å². The predicted molar refractivity (Wildman–Crippen MR) is 110 cm³/mol. The highest BCUT2D eigenvalue weighted by molar-refractivity contribution is 7.89. The first-order chi connectivity index (χ1) is 12.6. The second-order valence-corrected chi connectivity index (χ2v) is 8.79. The van der Waals surface area contributed by atoms with E-state index in [0.29, 0.717) is 12.0 Å². The van der Waals surface area contributed by atoms with Gasteiger partial charge in [0.1, 0.15) is 16.4 Å². The van der Waals surface area contributed by atoms with Crippen LogP contribution < -0.4 is 5.14 Å². The number of unbranched alkanes of at least 4 members (excludes halogenated alkanes) is 2. The zero-order chi connectivity index (χ0) is 20.6. The summed E-state index contributed by atoms with van der Waals surface area (Å²) in [6, 6.07) is 1.43. The van der Waals surface area contributed by atoms with Gasteiger partial charge in [-0.05, 0) is 64.5 Å². The molecule has 0 unspecified atom stereocenters. The zero-order valence-corrected chi connectivity index (χ0v) is 17.7. The summed E-state index contributed by atoms with van der Waals surface area (Å²) in [6.45, 7) is 8.12. The highest BCUT2D eigenvalue weighted by Crippen LogP contribution is 2.37. The number of hydrogen-bond donors (Lipinski definition) is 3. The summed E-state index contributed by atoms with van der Waals surface area (Å²) < 4.78 is 24.1. The molecule has 1 aromatic rings. The van der Waals surface area contributed by atoms with Crippen molar-refractivity contribution in [3.8, 4) is 11.5 Å². The van der Waals surface area contributed by atoms with E-state index in [4.69, 9.17) is 5.14 Å². The minimum atomic E-state index is -4.09. The molecule has 6 heteroatoms. The Labute approximate surface area is 163 Å². The molecule has 0 atom stereocenters. The number of aryl methyl sites for hydroxylation is 1. The highest BCUT2D eigenvalue weighted by atomic mass is 32.2. The molecular formula is C21H33NO4S. The standard InChI is InChI=1S/C21H33NO4S/c1-5-6-7-11-17-14-19(23)18(20(24)21(17)27(22,25)26)13-12-16(4)10-8-9-15(2)3/h9,12,14,23-24H,5-8,10-11,13H2,1-4H3,(H2,22,25,26). The summed E-state index contributed by atoms with van der Waals surface area (Å²) in [6.07, 6.45) is 9.20. The van der Waals surface area contributed by atoms with Gasteiger partial charge in [0.05, 0.1) is 0 Å². The van der Waals surface area contributed by atoms with Gasteiger partial charge in [-0.3, -0.25) is 0 Å². The molecular weight excluding hydrogens is 362 g/mol. The molecule has 0 aromatic heterocycles. The molecule has 0 fully saturated rings. The average molecular weight is 396 g/mol. The Morgan fingerprint density at radius 1 is 1.15 bits per heavy atom. The molecule has 152 valence electrons. The Kier molecular flexibility index (Phi) is 9.06. The van der Waals surface area contributed by atoms with Crippen molar-refractivity contribution in [2.24, 2.45) is 5.14 Å². The topological polar surface area (TPSA) is 101 Å². The van der Waals surface area contributed by atoms with Gasteiger partial charge in [0.15, 0.2) is 0 Å². The summed E-state index contributed by atoms with van der Waals surface area (Å²) >= 11 is 0. The van der Waals surface area contributed by atoms with Crippen LogP contribution in [-0.2, 0) is 22.9 Å². The number of benzene rings is 1. The van der Waals surface area contributed by atoms with Crippen molar-refractivity contribution >= 4 is 10.0 Å². The van der Waals surface area contributed by atoms with E-state index in [1.54, 1.807) is 0 Å². The fourth-order valence-electron chi connectivity index (χ4n) is 2.96. The Balaban J connectivity index is 3.16. The second kappa shape index (κ2) is 10.5. The third-order valence-corrected chi connectivity index (χ3v) is 5.52. The molecule has 0 aliphatic heterocycles. The van der Waals surface area contributed by atoms with Crippen LogP contribution in [0.4, 0.5) is 0 Å². The van der Waals surface area contributed by atoms with Crippen molar-refractivity contribution in [2.45, 2.75) is 77.5 Å². The molecule has 0 bridgehead atoms. The molecule has 0 amide bonds. The third kappa shape index (κ3) is 7.39. The smallest absolute Gasteiger partial charge is 0.242 e. The SMILES string of the molecule is CCCCCc1cc(O)c(CC=C(C)CCC=C(C)C)c(O)c1S(N)(=O)=O. The molecule has 27 heavy (non-hydrogen) atoms. The maximum Gasteiger partial charge on any atom is 0.242 e. The number of aromatic hydroxyl groups is 2. The van der Waals surface area contributed by atoms with E-state index in [1.807, 2.05) is 33.8 Å². The summed E-state index contributed by atoms with van der Waals surface area (Å²) in [7, 11) is -4.09. The van der Waals surface area contributed by atoms with Crippen LogP contribution in [0.25, 0.3) is 0 Å². The molecule has 0 saturated carbocycles. The number of allylic oxidation sites excluding steroid dienone is 4. The van der Waals surface area contributed by atoms with E-state index >= 15 is 0 Å². The minimum absolute atomic E-state index is 0.0975. The third-order valence-electron chi connectivity index (χ3n) is 4.49. The van der Waals surface area contributed by atoms with Gasteiger partial charge in [0, 0.05) is 5.56 Å². The molecule has 4 N–H and O–H groups in total. The second-order valence-electron chi connectivity index (χ2n) is 7.29. The Morgan fingerprint density at radius 2 is 1.81 bits per heavy atom. The van der Waals surface area contributed by atoms with Gasteiger partial charge in [-0.2, -0.15) is 0 Å². The largest absolute Gasteiger partial charge is 0.508 e. The molecule has 0 aliphatic carbocycles. The fraction of sp³-hybridized carbons (Fsp3) is 0.524. The number of phenolic OH excluding ortho intramolecular Hbond substituents is 2. The average Bonchev–Trinajstić information content (AvgIpc) is 2.52. The van der Waals surface area contributed by atoms with Crippen LogP contribution in [0.5, 0.6) is 11.5 Å². The number of rotatable bonds is 10. The molecule has 1 aromatic carbocycles. The monoisotopic (exact) mass is 395 g/mol. The highest BCUT2D eigenvalue weighted by Gasteiger charge is 2.24. The van der Waals surface area contributed by atoms with Gasteiger partial charge in [0.25, 0.3) is 0 Å². The Bertz CT molecular complexity index is 804. The number of phenols is 2. The van der Waals surface area contributed by atoms with Crippen LogP contribution in [0, 0.1) is 0 Å². The molecule has 0 spiro atoms. The van der Waals surface area contributed by atoms with Crippen molar-refractivity contribution < 1.29 is 18.6 Å². The van der Waals surface area contributed by atoms with Gasteiger partial charge < -0.3 is 10.2 Å². The first-order valence-electron chi connectivity index (χ1n) is 9.46. The van der Waals surface area contributed by atoms with E-state index in [1.165, 1.54) is 11.6 Å². The molecule has 0 saturated heterocycles. The first kappa shape index (κ1) is 23.2. The van der Waals surface area contributed by atoms with Crippen LogP contribution in [-0.4, -0.2) is 18.6 Å². The van der Waals surface area contributed by atoms with Crippen LogP contribution >= 0.6 is 0 Å². The van der Waals surface area contributed by atoms with E-state index in [2.05, 4.69) is 6.08 Å². The molecule has 5 nitrogen and oxygen atoms in total. The van der Waals surface area contributed by atoms with Crippen LogP contribution in [0.1, 0.15) is 70.9 Å². The lowest BCUT2D eigenvalue weighted by Crippen LogP contribution is -2.15. The maximum absolute atomic E-state index is 12.0. The molecule has 1 rings (SSSR count). The lowest BCUT2D eigenvalue weighted by molar-refractivity contribution is 0.427. The predicted octanol–water partition coefficient (Wildman–Crippen LogP) is 4.71. The van der Waals surface area contributed by atoms with Crippen molar-refractivity contribution in [2.75, 3.05) is 0 Å².